The van der Waals surface area contributed by atoms with E-state index in [1.165, 1.54) is 6.39 Å². The predicted molar refractivity (Wildman–Crippen MR) is 124 cm³/mol. The molecule has 1 aromatic carbocycles. The molecule has 8 nitrogen and oxygen atoms in total. The van der Waals surface area contributed by atoms with Crippen molar-refractivity contribution >= 4 is 11.4 Å². The van der Waals surface area contributed by atoms with E-state index >= 15 is 0 Å². The minimum absolute atomic E-state index is 0.132. The van der Waals surface area contributed by atoms with Crippen molar-refractivity contribution in [1.82, 2.24) is 19.6 Å². The van der Waals surface area contributed by atoms with Gasteiger partial charge in [0, 0.05) is 37.9 Å². The number of benzene rings is 1. The Balaban J connectivity index is 1.46. The summed E-state index contributed by atoms with van der Waals surface area (Å²) < 4.78 is 18.0. The van der Waals surface area contributed by atoms with Gasteiger partial charge in [-0.2, -0.15) is 0 Å². The molecule has 4 aromatic rings. The average Bonchev–Trinajstić information content (AvgIpc) is 3.52. The summed E-state index contributed by atoms with van der Waals surface area (Å²) in [6.45, 7) is 4.63. The number of methoxy groups -OCH3 is 1. The van der Waals surface area contributed by atoms with Crippen molar-refractivity contribution in [3.8, 4) is 28.3 Å². The van der Waals surface area contributed by atoms with Crippen LogP contribution in [0.15, 0.2) is 65.7 Å². The van der Waals surface area contributed by atoms with E-state index in [2.05, 4.69) is 15.2 Å². The highest BCUT2D eigenvalue weighted by atomic mass is 16.5. The number of carbonyl (C=O) groups is 1. The topological polar surface area (TPSA) is 81.2 Å². The second-order valence-corrected chi connectivity index (χ2v) is 7.93. The van der Waals surface area contributed by atoms with E-state index in [-0.39, 0.29) is 5.91 Å². The molecule has 0 bridgehead atoms. The lowest BCUT2D eigenvalue weighted by molar-refractivity contribution is 0.0383. The summed E-state index contributed by atoms with van der Waals surface area (Å²) in [6, 6.07) is 13.8. The monoisotopic (exact) mass is 446 g/mol. The third-order valence-electron chi connectivity index (χ3n) is 5.91. The average molecular weight is 447 g/mol. The van der Waals surface area contributed by atoms with Crippen LogP contribution in [0.3, 0.4) is 0 Å². The molecule has 3 aromatic heterocycles. The third-order valence-corrected chi connectivity index (χ3v) is 5.91. The fourth-order valence-electron chi connectivity index (χ4n) is 4.15. The number of nitrogens with one attached hydrogen (secondary N) is 1. The summed E-state index contributed by atoms with van der Waals surface area (Å²) in [6.07, 6.45) is 4.95. The zero-order valence-electron chi connectivity index (χ0n) is 18.5. The smallest absolute Gasteiger partial charge is 0.253 e. The molecule has 0 radical (unpaired) electrons. The first kappa shape index (κ1) is 21.2. The van der Waals surface area contributed by atoms with Gasteiger partial charge in [-0.1, -0.05) is 18.2 Å². The van der Waals surface area contributed by atoms with Gasteiger partial charge in [0.2, 0.25) is 0 Å². The van der Waals surface area contributed by atoms with Crippen LogP contribution < -0.4 is 10.1 Å². The number of ether oxygens (including phenoxy) is 2. The highest BCUT2D eigenvalue weighted by molar-refractivity contribution is 6.02. The van der Waals surface area contributed by atoms with Gasteiger partial charge in [0.15, 0.2) is 6.39 Å². The van der Waals surface area contributed by atoms with Crippen molar-refractivity contribution in [2.45, 2.75) is 0 Å². The van der Waals surface area contributed by atoms with Crippen molar-refractivity contribution in [3.63, 3.8) is 0 Å². The van der Waals surface area contributed by atoms with E-state index in [9.17, 15) is 4.79 Å². The maximum atomic E-state index is 13.2. The number of amides is 1. The highest BCUT2D eigenvalue weighted by Gasteiger charge is 2.21. The minimum atomic E-state index is -0.132. The number of rotatable bonds is 7. The van der Waals surface area contributed by atoms with Crippen LogP contribution in [0.4, 0.5) is 0 Å². The Labute approximate surface area is 191 Å². The Kier molecular flexibility index (Phi) is 6.10. The van der Waals surface area contributed by atoms with Crippen molar-refractivity contribution in [3.05, 3.63) is 66.9 Å². The van der Waals surface area contributed by atoms with E-state index in [0.717, 1.165) is 55.2 Å². The number of oxazole rings is 1. The molecule has 8 heteroatoms. The SMILES string of the molecule is COc1cccc(-c2ccc3cc(C(=O)NCCN4CCOCC4)c(-c4cocn4)n3c2)c1. The molecular formula is C25H26N4O4. The molecule has 0 saturated carbocycles. The Morgan fingerprint density at radius 1 is 1.15 bits per heavy atom. The highest BCUT2D eigenvalue weighted by Crippen LogP contribution is 2.30. The Bertz CT molecular complexity index is 1240. The molecular weight excluding hydrogens is 420 g/mol. The van der Waals surface area contributed by atoms with Gasteiger partial charge in [-0.25, -0.2) is 4.98 Å². The number of pyridine rings is 1. The normalized spacial score (nSPS) is 14.5. The fourth-order valence-corrected chi connectivity index (χ4v) is 4.15. The maximum absolute atomic E-state index is 13.2. The predicted octanol–water partition coefficient (Wildman–Crippen LogP) is 3.33. The second kappa shape index (κ2) is 9.48. The standard InChI is InChI=1S/C25H26N4O4/c1-31-21-4-2-3-18(13-21)19-5-6-20-14-22(24(29(20)15-19)23-16-33-17-27-23)25(30)26-7-8-28-9-11-32-12-10-28/h2-6,13-17H,7-12H2,1H3,(H,26,30). The van der Waals surface area contributed by atoms with E-state index < -0.39 is 0 Å². The van der Waals surface area contributed by atoms with Crippen molar-refractivity contribution in [2.75, 3.05) is 46.5 Å². The molecule has 33 heavy (non-hydrogen) atoms. The van der Waals surface area contributed by atoms with Crippen LogP contribution in [-0.2, 0) is 4.74 Å². The van der Waals surface area contributed by atoms with Gasteiger partial charge in [0.25, 0.3) is 5.91 Å². The molecule has 0 atom stereocenters. The number of hydrogen-bond acceptors (Lipinski definition) is 6. The van der Waals surface area contributed by atoms with Crippen LogP contribution in [-0.4, -0.2) is 66.7 Å². The van der Waals surface area contributed by atoms with Gasteiger partial charge >= 0.3 is 0 Å². The fraction of sp³-hybridized carbons (Fsp3) is 0.280. The van der Waals surface area contributed by atoms with Gasteiger partial charge in [0.05, 0.1) is 31.6 Å². The number of hydrogen-bond donors (Lipinski definition) is 1. The summed E-state index contributed by atoms with van der Waals surface area (Å²) in [4.78, 5) is 19.8. The number of nitrogens with zero attached hydrogens (tertiary/aromatic N) is 3. The quantitative estimate of drug-likeness (QED) is 0.469. The molecule has 1 amide bonds. The number of aromatic nitrogens is 2. The molecule has 1 N–H and O–H groups in total. The third kappa shape index (κ3) is 4.48. The summed E-state index contributed by atoms with van der Waals surface area (Å²) in [5.41, 5.74) is 4.80. The molecule has 0 aliphatic carbocycles. The van der Waals surface area contributed by atoms with Crippen molar-refractivity contribution in [2.24, 2.45) is 0 Å². The molecule has 170 valence electrons. The van der Waals surface area contributed by atoms with Crippen LogP contribution in [0.2, 0.25) is 0 Å². The van der Waals surface area contributed by atoms with Crippen LogP contribution >= 0.6 is 0 Å². The molecule has 5 rings (SSSR count). The molecule has 0 spiro atoms. The Morgan fingerprint density at radius 3 is 2.82 bits per heavy atom. The maximum Gasteiger partial charge on any atom is 0.253 e. The molecule has 4 heterocycles. The lowest BCUT2D eigenvalue weighted by Crippen LogP contribution is -2.41. The minimum Gasteiger partial charge on any atom is -0.497 e. The summed E-state index contributed by atoms with van der Waals surface area (Å²) in [5, 5.41) is 3.06. The molecule has 1 aliphatic heterocycles. The Hall–Kier alpha value is -3.62. The van der Waals surface area contributed by atoms with Crippen LogP contribution in [0, 0.1) is 0 Å². The van der Waals surface area contributed by atoms with Gasteiger partial charge in [0.1, 0.15) is 17.7 Å². The van der Waals surface area contributed by atoms with Crippen molar-refractivity contribution < 1.29 is 18.7 Å². The first-order valence-corrected chi connectivity index (χ1v) is 11.0. The van der Waals surface area contributed by atoms with Crippen LogP contribution in [0.1, 0.15) is 10.4 Å². The molecule has 0 unspecified atom stereocenters. The number of morpholine rings is 1. The molecule has 1 aliphatic rings. The van der Waals surface area contributed by atoms with Gasteiger partial charge in [-0.05, 0) is 35.4 Å². The zero-order chi connectivity index (χ0) is 22.6. The second-order valence-electron chi connectivity index (χ2n) is 7.93. The number of carbonyl (C=O) groups excluding carboxylic acids is 1. The Morgan fingerprint density at radius 2 is 2.03 bits per heavy atom. The van der Waals surface area contributed by atoms with Crippen LogP contribution in [0.5, 0.6) is 5.75 Å². The lowest BCUT2D eigenvalue weighted by Gasteiger charge is -2.26. The first-order valence-electron chi connectivity index (χ1n) is 11.0. The van der Waals surface area contributed by atoms with Crippen LogP contribution in [0.25, 0.3) is 28.0 Å². The lowest BCUT2D eigenvalue weighted by atomic mass is 10.1. The van der Waals surface area contributed by atoms with Gasteiger partial charge in [-0.15, -0.1) is 0 Å². The molecule has 1 fully saturated rings. The molecule has 1 saturated heterocycles. The van der Waals surface area contributed by atoms with E-state index in [1.807, 2.05) is 53.1 Å². The largest absolute Gasteiger partial charge is 0.497 e. The van der Waals surface area contributed by atoms with E-state index in [4.69, 9.17) is 13.9 Å². The summed E-state index contributed by atoms with van der Waals surface area (Å²) in [7, 11) is 1.65. The van der Waals surface area contributed by atoms with E-state index in [1.54, 1.807) is 13.4 Å². The van der Waals surface area contributed by atoms with Gasteiger partial charge < -0.3 is 23.6 Å². The van der Waals surface area contributed by atoms with Crippen molar-refractivity contribution in [1.29, 1.82) is 0 Å². The first-order chi connectivity index (χ1) is 16.2. The summed E-state index contributed by atoms with van der Waals surface area (Å²) >= 11 is 0. The number of fused-ring (bicyclic) bond motifs is 1. The summed E-state index contributed by atoms with van der Waals surface area (Å²) in [5.74, 6) is 0.657. The zero-order valence-corrected chi connectivity index (χ0v) is 18.5. The van der Waals surface area contributed by atoms with E-state index in [0.29, 0.717) is 23.5 Å². The van der Waals surface area contributed by atoms with Gasteiger partial charge in [-0.3, -0.25) is 9.69 Å².